The van der Waals surface area contributed by atoms with Crippen molar-refractivity contribution in [3.8, 4) is 22.4 Å². The maximum atomic E-state index is 4.81. The lowest BCUT2D eigenvalue weighted by Gasteiger charge is -2.14. The molecule has 0 radical (unpaired) electrons. The minimum atomic E-state index is 0.453. The molecule has 1 saturated heterocycles. The van der Waals surface area contributed by atoms with Gasteiger partial charge in [0.1, 0.15) is 16.9 Å². The molecule has 3 saturated carbocycles. The molecule has 0 bridgehead atoms. The first-order valence-corrected chi connectivity index (χ1v) is 14.4. The highest BCUT2D eigenvalue weighted by molar-refractivity contribution is 7.00. The topological polar surface area (TPSA) is 78.8 Å². The Morgan fingerprint density at radius 3 is 2.38 bits per heavy atom. The number of H-pyrrole nitrogens is 1. The first kappa shape index (κ1) is 20.8. The molecular weight excluding hydrogens is 476 g/mol. The smallest absolute Gasteiger partial charge is 0.113 e. The third-order valence-corrected chi connectivity index (χ3v) is 10.1. The van der Waals surface area contributed by atoms with Crippen LogP contribution in [0, 0.1) is 17.8 Å². The molecule has 4 aromatic rings. The molecule has 7 heteroatoms. The number of imidazole rings is 1. The number of aromatic nitrogens is 4. The molecule has 3 aliphatic carbocycles. The molecule has 2 N–H and O–H groups in total. The predicted molar refractivity (Wildman–Crippen MR) is 147 cm³/mol. The first-order chi connectivity index (χ1) is 18.3. The Morgan fingerprint density at radius 2 is 1.57 bits per heavy atom. The van der Waals surface area contributed by atoms with E-state index in [1.807, 2.05) is 6.20 Å². The molecule has 2 aromatic heterocycles. The molecule has 2 aromatic carbocycles. The number of hydrogen-bond acceptors (Lipinski definition) is 6. The summed E-state index contributed by atoms with van der Waals surface area (Å²) in [5.41, 5.74) is 10.3. The van der Waals surface area contributed by atoms with Gasteiger partial charge in [-0.2, -0.15) is 8.75 Å². The second-order valence-corrected chi connectivity index (χ2v) is 12.3. The molecule has 5 aliphatic rings. The van der Waals surface area contributed by atoms with E-state index in [1.165, 1.54) is 72.1 Å². The van der Waals surface area contributed by atoms with E-state index in [0.29, 0.717) is 12.0 Å². The summed E-state index contributed by atoms with van der Waals surface area (Å²) in [5.74, 6) is 4.61. The van der Waals surface area contributed by atoms with Crippen LogP contribution in [0.4, 0.5) is 0 Å². The highest BCUT2D eigenvalue weighted by Gasteiger charge is 2.48. The van der Waals surface area contributed by atoms with Gasteiger partial charge in [-0.25, -0.2) is 4.98 Å². The Hall–Kier alpha value is -3.16. The lowest BCUT2D eigenvalue weighted by Crippen LogP contribution is -2.33. The van der Waals surface area contributed by atoms with Crippen LogP contribution in [0.2, 0.25) is 0 Å². The average molecular weight is 505 g/mol. The fourth-order valence-electron chi connectivity index (χ4n) is 7.22. The maximum Gasteiger partial charge on any atom is 0.113 e. The Balaban J connectivity index is 0.965. The number of hydrogen-bond donors (Lipinski definition) is 2. The summed E-state index contributed by atoms with van der Waals surface area (Å²) < 4.78 is 9.43. The molecule has 37 heavy (non-hydrogen) atoms. The number of aromatic amines is 1. The molecular formula is C30H28N6S. The van der Waals surface area contributed by atoms with Crippen molar-refractivity contribution in [1.82, 2.24) is 24.0 Å². The van der Waals surface area contributed by atoms with Crippen LogP contribution in [-0.2, 0) is 0 Å². The first-order valence-electron chi connectivity index (χ1n) is 13.7. The number of aliphatic imine (C=N–C) groups is 1. The summed E-state index contributed by atoms with van der Waals surface area (Å²) in [6, 6.07) is 14.4. The number of allylic oxidation sites excluding steroid dienone is 1. The van der Waals surface area contributed by atoms with E-state index in [4.69, 9.17) is 18.7 Å². The van der Waals surface area contributed by atoms with Crippen LogP contribution >= 0.6 is 11.7 Å². The van der Waals surface area contributed by atoms with E-state index in [2.05, 4.69) is 52.9 Å². The van der Waals surface area contributed by atoms with Crippen LogP contribution in [-0.4, -0.2) is 36.5 Å². The van der Waals surface area contributed by atoms with E-state index in [0.717, 1.165) is 58.1 Å². The zero-order valence-corrected chi connectivity index (χ0v) is 21.3. The quantitative estimate of drug-likeness (QED) is 0.339. The summed E-state index contributed by atoms with van der Waals surface area (Å²) in [4.78, 5) is 13.2. The van der Waals surface area contributed by atoms with Crippen molar-refractivity contribution in [2.45, 2.75) is 56.5 Å². The predicted octanol–water partition coefficient (Wildman–Crippen LogP) is 6.20. The summed E-state index contributed by atoms with van der Waals surface area (Å²) in [5, 5.41) is 3.74. The third-order valence-electron chi connectivity index (χ3n) is 9.53. The molecule has 9 rings (SSSR count). The molecule has 2 aliphatic heterocycles. The molecule has 0 spiro atoms. The van der Waals surface area contributed by atoms with Crippen molar-refractivity contribution in [1.29, 1.82) is 0 Å². The SMILES string of the molecule is C1=C(c2ccc(-c3ccc(-c4cnc(C5C[C@@H]6C[C@@H]6C5)[nH]4)cc3)c3nsnc23)CC([C@@H]2C[C@H]3C[C@H]3N2)=N1. The second-order valence-electron chi connectivity index (χ2n) is 11.8. The van der Waals surface area contributed by atoms with Gasteiger partial charge >= 0.3 is 0 Å². The Morgan fingerprint density at radius 1 is 0.784 bits per heavy atom. The summed E-state index contributed by atoms with van der Waals surface area (Å²) >= 11 is 1.29. The summed E-state index contributed by atoms with van der Waals surface area (Å²) in [6.07, 6.45) is 11.6. The van der Waals surface area contributed by atoms with Gasteiger partial charge in [-0.3, -0.25) is 4.99 Å². The summed E-state index contributed by atoms with van der Waals surface area (Å²) in [7, 11) is 0. The van der Waals surface area contributed by atoms with Crippen molar-refractivity contribution >= 4 is 34.0 Å². The van der Waals surface area contributed by atoms with Gasteiger partial charge < -0.3 is 10.3 Å². The fourth-order valence-corrected chi connectivity index (χ4v) is 7.79. The molecule has 6 atom stereocenters. The monoisotopic (exact) mass is 504 g/mol. The second kappa shape index (κ2) is 7.68. The van der Waals surface area contributed by atoms with Gasteiger partial charge in [-0.15, -0.1) is 0 Å². The fraction of sp³-hybridized carbons (Fsp3) is 0.400. The zero-order valence-electron chi connectivity index (χ0n) is 20.5. The molecule has 0 amide bonds. The standard InChI is InChI=1S/C30H28N6S/c1-3-16(27-14-32-30(34-27)20-8-17-7-18(17)9-20)4-2-15(1)22-5-6-23(29-28(22)35-37-36-29)21-12-25(31-13-21)26-11-19-10-24(19)33-26/h1-6,13-14,17-20,24,26,33H,7-12H2,(H,32,34)/t17-,18+,19-,20?,24-,26+/m1/s1. The van der Waals surface area contributed by atoms with Crippen molar-refractivity contribution < 1.29 is 0 Å². The Bertz CT molecular complexity index is 1590. The van der Waals surface area contributed by atoms with Crippen LogP contribution in [0.25, 0.3) is 39.0 Å². The van der Waals surface area contributed by atoms with Crippen LogP contribution < -0.4 is 5.32 Å². The number of nitrogens with zero attached hydrogens (tertiary/aromatic N) is 4. The average Bonchev–Trinajstić information content (AvgIpc) is 3.48. The van der Waals surface area contributed by atoms with Gasteiger partial charge in [0, 0.05) is 47.5 Å². The number of fused-ring (bicyclic) bond motifs is 3. The van der Waals surface area contributed by atoms with Gasteiger partial charge in [-0.1, -0.05) is 36.4 Å². The van der Waals surface area contributed by atoms with Crippen LogP contribution in [0.3, 0.4) is 0 Å². The molecule has 4 heterocycles. The number of rotatable bonds is 5. The molecule has 4 fully saturated rings. The van der Waals surface area contributed by atoms with Gasteiger partial charge in [0.05, 0.1) is 23.6 Å². The van der Waals surface area contributed by atoms with Crippen molar-refractivity contribution in [2.24, 2.45) is 22.7 Å². The van der Waals surface area contributed by atoms with E-state index in [9.17, 15) is 0 Å². The van der Waals surface area contributed by atoms with Gasteiger partial charge in [-0.05, 0) is 66.6 Å². The maximum absolute atomic E-state index is 4.81. The van der Waals surface area contributed by atoms with Gasteiger partial charge in [0.2, 0.25) is 0 Å². The van der Waals surface area contributed by atoms with E-state index in [-0.39, 0.29) is 0 Å². The van der Waals surface area contributed by atoms with Crippen LogP contribution in [0.15, 0.2) is 53.8 Å². The van der Waals surface area contributed by atoms with Crippen LogP contribution in [0.5, 0.6) is 0 Å². The molecule has 184 valence electrons. The summed E-state index contributed by atoms with van der Waals surface area (Å²) in [6.45, 7) is 0. The highest BCUT2D eigenvalue weighted by Crippen LogP contribution is 2.57. The molecule has 1 unspecified atom stereocenters. The van der Waals surface area contributed by atoms with E-state index < -0.39 is 0 Å². The lowest BCUT2D eigenvalue weighted by atomic mass is 9.94. The largest absolute Gasteiger partial charge is 0.342 e. The van der Waals surface area contributed by atoms with Crippen LogP contribution in [0.1, 0.15) is 55.8 Å². The Kier molecular flexibility index (Phi) is 4.33. The highest BCUT2D eigenvalue weighted by atomic mass is 32.1. The van der Waals surface area contributed by atoms with Gasteiger partial charge in [0.15, 0.2) is 0 Å². The normalized spacial score (nSPS) is 31.4. The van der Waals surface area contributed by atoms with Gasteiger partial charge in [0.25, 0.3) is 0 Å². The zero-order chi connectivity index (χ0) is 24.1. The molecule has 6 nitrogen and oxygen atoms in total. The van der Waals surface area contributed by atoms with Crippen molar-refractivity contribution in [3.63, 3.8) is 0 Å². The number of benzene rings is 2. The minimum absolute atomic E-state index is 0.453. The number of nitrogens with one attached hydrogen (secondary N) is 2. The van der Waals surface area contributed by atoms with Crippen molar-refractivity contribution in [3.05, 3.63) is 60.2 Å². The van der Waals surface area contributed by atoms with E-state index in [1.54, 1.807) is 0 Å². The lowest BCUT2D eigenvalue weighted by molar-refractivity contribution is 0.596. The van der Waals surface area contributed by atoms with E-state index >= 15 is 0 Å². The minimum Gasteiger partial charge on any atom is -0.342 e. The van der Waals surface area contributed by atoms with Crippen molar-refractivity contribution in [2.75, 3.05) is 0 Å². The third kappa shape index (κ3) is 3.40. The number of piperidine rings is 1. The Labute approximate surface area is 219 Å².